The van der Waals surface area contributed by atoms with E-state index in [9.17, 15) is 4.79 Å². The molecule has 136 valence electrons. The van der Waals surface area contributed by atoms with Crippen LogP contribution in [-0.2, 0) is 28.5 Å². The Morgan fingerprint density at radius 1 is 1.04 bits per heavy atom. The van der Waals surface area contributed by atoms with Crippen LogP contribution in [0.25, 0.3) is 0 Å². The van der Waals surface area contributed by atoms with Gasteiger partial charge in [-0.1, -0.05) is 6.58 Å². The highest BCUT2D eigenvalue weighted by molar-refractivity contribution is 5.87. The molecule has 0 aliphatic rings. The van der Waals surface area contributed by atoms with Crippen molar-refractivity contribution in [3.05, 3.63) is 12.2 Å². The summed E-state index contributed by atoms with van der Waals surface area (Å²) in [6, 6.07) is 0. The number of esters is 1. The van der Waals surface area contributed by atoms with Gasteiger partial charge in [-0.05, 0) is 26.9 Å². The van der Waals surface area contributed by atoms with Crippen LogP contribution in [0.4, 0.5) is 0 Å². The van der Waals surface area contributed by atoms with E-state index in [0.29, 0.717) is 45.2 Å². The molecule has 0 saturated heterocycles. The van der Waals surface area contributed by atoms with Crippen molar-refractivity contribution < 1.29 is 28.5 Å². The van der Waals surface area contributed by atoms with Gasteiger partial charge in [-0.2, -0.15) is 0 Å². The molecular weight excluding hydrogens is 302 g/mol. The van der Waals surface area contributed by atoms with Crippen LogP contribution in [0.3, 0.4) is 0 Å². The van der Waals surface area contributed by atoms with Gasteiger partial charge >= 0.3 is 5.97 Å². The Hall–Kier alpha value is -0.990. The summed E-state index contributed by atoms with van der Waals surface area (Å²) in [7, 11) is 3.51. The second-order valence-electron chi connectivity index (χ2n) is 5.02. The van der Waals surface area contributed by atoms with Gasteiger partial charge in [-0.3, -0.25) is 0 Å². The van der Waals surface area contributed by atoms with E-state index in [4.69, 9.17) is 23.7 Å². The minimum Gasteiger partial charge on any atom is -0.454 e. The lowest BCUT2D eigenvalue weighted by Gasteiger charge is -2.18. The van der Waals surface area contributed by atoms with Gasteiger partial charge in [0.05, 0.1) is 39.6 Å². The summed E-state index contributed by atoms with van der Waals surface area (Å²) in [5.41, 5.74) is 0.355. The first-order valence-corrected chi connectivity index (χ1v) is 7.85. The molecule has 0 heterocycles. The fourth-order valence-corrected chi connectivity index (χ4v) is 1.51. The van der Waals surface area contributed by atoms with Crippen molar-refractivity contribution in [3.63, 3.8) is 0 Å². The van der Waals surface area contributed by atoms with Gasteiger partial charge in [0.15, 0.2) is 0 Å². The maximum Gasteiger partial charge on any atom is 0.333 e. The van der Waals surface area contributed by atoms with Crippen LogP contribution in [0, 0.1) is 0 Å². The molecule has 1 unspecified atom stereocenters. The van der Waals surface area contributed by atoms with Crippen LogP contribution in [0.2, 0.25) is 0 Å². The van der Waals surface area contributed by atoms with E-state index in [-0.39, 0.29) is 6.61 Å². The Kier molecular flexibility index (Phi) is 15.2. The zero-order valence-corrected chi connectivity index (χ0v) is 14.6. The highest BCUT2D eigenvalue weighted by atomic mass is 16.6. The fourth-order valence-electron chi connectivity index (χ4n) is 1.51. The standard InChI is InChI=1S/C16H31NO6/c1-14(2)16(18)23-15(12-21-7-5-6-17-3)13-22-11-10-20-9-8-19-4/h15,17H,1,5-13H2,2-4H3. The molecule has 0 amide bonds. The third kappa shape index (κ3) is 14.3. The van der Waals surface area contributed by atoms with E-state index in [0.717, 1.165) is 13.0 Å². The molecule has 7 heteroatoms. The number of ether oxygens (including phenoxy) is 5. The Labute approximate surface area is 139 Å². The van der Waals surface area contributed by atoms with Crippen molar-refractivity contribution in [1.82, 2.24) is 5.32 Å². The predicted molar refractivity (Wildman–Crippen MR) is 87.6 cm³/mol. The number of nitrogens with one attached hydrogen (secondary N) is 1. The largest absolute Gasteiger partial charge is 0.454 e. The van der Waals surface area contributed by atoms with Gasteiger partial charge < -0.3 is 29.0 Å². The Bertz CT molecular complexity index is 311. The van der Waals surface area contributed by atoms with Crippen molar-refractivity contribution in [1.29, 1.82) is 0 Å². The van der Waals surface area contributed by atoms with E-state index in [2.05, 4.69) is 11.9 Å². The van der Waals surface area contributed by atoms with Crippen LogP contribution in [0.5, 0.6) is 0 Å². The van der Waals surface area contributed by atoms with Gasteiger partial charge in [-0.25, -0.2) is 4.79 Å². The smallest absolute Gasteiger partial charge is 0.333 e. The first-order valence-electron chi connectivity index (χ1n) is 7.85. The molecule has 1 N–H and O–H groups in total. The number of carbonyl (C=O) groups excluding carboxylic acids is 1. The van der Waals surface area contributed by atoms with Crippen LogP contribution < -0.4 is 5.32 Å². The van der Waals surface area contributed by atoms with Gasteiger partial charge in [0.1, 0.15) is 6.10 Å². The van der Waals surface area contributed by atoms with E-state index in [1.807, 2.05) is 7.05 Å². The molecule has 0 rings (SSSR count). The van der Waals surface area contributed by atoms with Crippen molar-refractivity contribution in [2.75, 3.05) is 67.0 Å². The quantitative estimate of drug-likeness (QED) is 0.254. The summed E-state index contributed by atoms with van der Waals surface area (Å²) in [6.07, 6.45) is 0.444. The van der Waals surface area contributed by atoms with E-state index in [1.165, 1.54) is 0 Å². The number of carbonyl (C=O) groups is 1. The van der Waals surface area contributed by atoms with Gasteiger partial charge in [0, 0.05) is 19.3 Å². The molecule has 7 nitrogen and oxygen atoms in total. The molecule has 0 fully saturated rings. The maximum absolute atomic E-state index is 11.6. The summed E-state index contributed by atoms with van der Waals surface area (Å²) in [4.78, 5) is 11.6. The number of rotatable bonds is 16. The van der Waals surface area contributed by atoms with E-state index < -0.39 is 12.1 Å². The number of methoxy groups -OCH3 is 1. The maximum atomic E-state index is 11.6. The lowest BCUT2D eigenvalue weighted by atomic mass is 10.3. The number of hydrogen-bond donors (Lipinski definition) is 1. The lowest BCUT2D eigenvalue weighted by molar-refractivity contribution is -0.151. The Balaban J connectivity index is 3.92. The molecular formula is C16H31NO6. The topological polar surface area (TPSA) is 75.3 Å². The average molecular weight is 333 g/mol. The fraction of sp³-hybridized carbons (Fsp3) is 0.812. The Morgan fingerprint density at radius 2 is 1.65 bits per heavy atom. The molecule has 0 aliphatic carbocycles. The third-order valence-corrected chi connectivity index (χ3v) is 2.75. The normalized spacial score (nSPS) is 12.1. The van der Waals surface area contributed by atoms with Gasteiger partial charge in [0.2, 0.25) is 0 Å². The van der Waals surface area contributed by atoms with Crippen LogP contribution >= 0.6 is 0 Å². The van der Waals surface area contributed by atoms with Crippen LogP contribution in [0.1, 0.15) is 13.3 Å². The minimum atomic E-state index is -0.451. The Morgan fingerprint density at radius 3 is 2.26 bits per heavy atom. The predicted octanol–water partition coefficient (Wildman–Crippen LogP) is 0.780. The van der Waals surface area contributed by atoms with Crippen molar-refractivity contribution >= 4 is 5.97 Å². The van der Waals surface area contributed by atoms with Crippen LogP contribution in [0.15, 0.2) is 12.2 Å². The molecule has 0 bridgehead atoms. The lowest BCUT2D eigenvalue weighted by Crippen LogP contribution is -2.30. The molecule has 0 aromatic rings. The molecule has 0 saturated carbocycles. The first kappa shape index (κ1) is 22.0. The van der Waals surface area contributed by atoms with Crippen LogP contribution in [-0.4, -0.2) is 79.0 Å². The van der Waals surface area contributed by atoms with E-state index in [1.54, 1.807) is 14.0 Å². The molecule has 0 aromatic carbocycles. The summed E-state index contributed by atoms with van der Waals surface area (Å²) < 4.78 is 26.4. The molecule has 0 spiro atoms. The van der Waals surface area contributed by atoms with E-state index >= 15 is 0 Å². The molecule has 0 aromatic heterocycles. The summed E-state index contributed by atoms with van der Waals surface area (Å²) >= 11 is 0. The third-order valence-electron chi connectivity index (χ3n) is 2.75. The zero-order valence-electron chi connectivity index (χ0n) is 14.6. The molecule has 0 radical (unpaired) electrons. The molecule has 0 aliphatic heterocycles. The second kappa shape index (κ2) is 15.9. The van der Waals surface area contributed by atoms with Gasteiger partial charge in [-0.15, -0.1) is 0 Å². The zero-order chi connectivity index (χ0) is 17.3. The molecule has 1 atom stereocenters. The monoisotopic (exact) mass is 333 g/mol. The SMILES string of the molecule is C=C(C)C(=O)OC(COCCCNC)COCCOCCOC. The van der Waals surface area contributed by atoms with Crippen molar-refractivity contribution in [2.24, 2.45) is 0 Å². The first-order chi connectivity index (χ1) is 11.1. The highest BCUT2D eigenvalue weighted by Gasteiger charge is 2.15. The summed E-state index contributed by atoms with van der Waals surface area (Å²) in [6.45, 7) is 9.19. The highest BCUT2D eigenvalue weighted by Crippen LogP contribution is 2.01. The van der Waals surface area contributed by atoms with Crippen molar-refractivity contribution in [2.45, 2.75) is 19.4 Å². The summed E-state index contributed by atoms with van der Waals surface area (Å²) in [5.74, 6) is -0.436. The number of hydrogen-bond acceptors (Lipinski definition) is 7. The van der Waals surface area contributed by atoms with Crippen molar-refractivity contribution in [3.8, 4) is 0 Å². The second-order valence-corrected chi connectivity index (χ2v) is 5.02. The summed E-state index contributed by atoms with van der Waals surface area (Å²) in [5, 5.41) is 3.04. The molecule has 23 heavy (non-hydrogen) atoms. The average Bonchev–Trinajstić information content (AvgIpc) is 2.53. The minimum absolute atomic E-state index is 0.263. The van der Waals surface area contributed by atoms with Gasteiger partial charge in [0.25, 0.3) is 0 Å².